The molecule has 4 heterocycles. The van der Waals surface area contributed by atoms with Gasteiger partial charge in [0, 0.05) is 23.9 Å². The van der Waals surface area contributed by atoms with Gasteiger partial charge in [-0.2, -0.15) is 0 Å². The number of fused-ring (bicyclic) bond motifs is 4. The van der Waals surface area contributed by atoms with E-state index < -0.39 is 30.3 Å². The average Bonchev–Trinajstić information content (AvgIpc) is 4.02. The number of halogens is 1. The molecule has 5 aromatic rings. The number of H-pyrrole nitrogens is 1. The lowest BCUT2D eigenvalue weighted by Gasteiger charge is -2.30. The molecule has 5 N–H and O–H groups in total. The van der Waals surface area contributed by atoms with Crippen LogP contribution in [0.4, 0.5) is 14.0 Å². The van der Waals surface area contributed by atoms with Crippen LogP contribution in [0.15, 0.2) is 70.1 Å². The van der Waals surface area contributed by atoms with Gasteiger partial charge in [-0.15, -0.1) is 0 Å². The summed E-state index contributed by atoms with van der Waals surface area (Å²) >= 11 is 0. The summed E-state index contributed by atoms with van der Waals surface area (Å²) in [6, 6.07) is 13.7. The molecular weight excluding hydrogens is 764 g/mol. The largest absolute Gasteiger partial charge is 0.456 e. The number of aromatic amines is 1. The molecule has 0 saturated carbocycles. The number of amides is 4. The Morgan fingerprint density at radius 1 is 1.00 bits per heavy atom. The molecule has 2 aliphatic heterocycles. The van der Waals surface area contributed by atoms with Crippen LogP contribution in [0.2, 0.25) is 0 Å². The number of rotatable bonds is 12. The lowest BCUT2D eigenvalue weighted by molar-refractivity contribution is -0.136. The molecule has 4 atom stereocenters. The maximum absolute atomic E-state index is 14.3. The van der Waals surface area contributed by atoms with Gasteiger partial charge in [0.25, 0.3) is 0 Å². The number of hydrogen-bond donors (Lipinski definition) is 5. The third-order valence-electron chi connectivity index (χ3n) is 10.7. The van der Waals surface area contributed by atoms with Gasteiger partial charge in [-0.1, -0.05) is 32.0 Å². The number of carbonyl (C=O) groups excluding carboxylic acids is 4. The minimum absolute atomic E-state index is 0.0223. The smallest absolute Gasteiger partial charge is 0.407 e. The van der Waals surface area contributed by atoms with Crippen LogP contribution in [0, 0.1) is 5.92 Å². The number of imidazole rings is 1. The van der Waals surface area contributed by atoms with Crippen LogP contribution in [0.5, 0.6) is 0 Å². The second-order valence-electron chi connectivity index (χ2n) is 15.1. The first-order valence-electron chi connectivity index (χ1n) is 19.4. The Hall–Kier alpha value is -6.65. The van der Waals surface area contributed by atoms with E-state index in [-0.39, 0.29) is 49.1 Å². The average molecular weight is 811 g/mol. The standard InChI is InChI=1S/C42H47FN8O8/c1-22(2)37(49-42(56)58-5)40(54)50(20-23(3)43)21-34-44-17-29(47-34)25-8-11-27-24(15-25)9-13-33-36(27)38(53)28-16-26(10-12-32(28)59-33)30-18-45-39(48-30)31-7-6-14-51(31)35(52)19-46-41(55)57-4/h8-13,15-18,22-23,31,37,39,45,48H,6-7,14,19-21H2,1-5H3,(H,44,47)(H,46,55)(H,49,56)/t23?,31-,37-,39?/m0/s1. The highest BCUT2D eigenvalue weighted by molar-refractivity contribution is 6.09. The van der Waals surface area contributed by atoms with Crippen molar-refractivity contribution in [2.45, 2.75) is 64.6 Å². The van der Waals surface area contributed by atoms with E-state index in [1.807, 2.05) is 36.5 Å². The zero-order chi connectivity index (χ0) is 42.0. The quantitative estimate of drug-likeness (QED) is 0.0863. The number of methoxy groups -OCH3 is 2. The predicted molar refractivity (Wildman–Crippen MR) is 218 cm³/mol. The van der Waals surface area contributed by atoms with Crippen molar-refractivity contribution in [2.24, 2.45) is 5.92 Å². The number of hydrogen-bond acceptors (Lipinski definition) is 11. The van der Waals surface area contributed by atoms with Gasteiger partial charge in [-0.25, -0.2) is 19.0 Å². The van der Waals surface area contributed by atoms with Gasteiger partial charge < -0.3 is 49.9 Å². The van der Waals surface area contributed by atoms with E-state index >= 15 is 0 Å². The van der Waals surface area contributed by atoms with E-state index in [0.717, 1.165) is 35.1 Å². The van der Waals surface area contributed by atoms with Gasteiger partial charge in [-0.3, -0.25) is 14.4 Å². The lowest BCUT2D eigenvalue weighted by atomic mass is 10.00. The number of likely N-dealkylation sites (tertiary alicyclic amines) is 1. The van der Waals surface area contributed by atoms with Gasteiger partial charge in [0.15, 0.2) is 0 Å². The van der Waals surface area contributed by atoms with Crippen LogP contribution in [-0.2, 0) is 25.6 Å². The molecule has 0 bridgehead atoms. The van der Waals surface area contributed by atoms with E-state index in [2.05, 4.69) is 36.0 Å². The second-order valence-corrected chi connectivity index (χ2v) is 15.1. The topological polar surface area (TPSA) is 200 Å². The first-order valence-corrected chi connectivity index (χ1v) is 19.4. The Labute approximate surface area is 338 Å². The van der Waals surface area contributed by atoms with Crippen molar-refractivity contribution in [2.75, 3.05) is 33.9 Å². The van der Waals surface area contributed by atoms with E-state index in [1.54, 1.807) is 43.1 Å². The van der Waals surface area contributed by atoms with Crippen LogP contribution >= 0.6 is 0 Å². The summed E-state index contributed by atoms with van der Waals surface area (Å²) in [5.74, 6) is -0.525. The maximum Gasteiger partial charge on any atom is 0.407 e. The highest BCUT2D eigenvalue weighted by Crippen LogP contribution is 2.31. The van der Waals surface area contributed by atoms with E-state index in [4.69, 9.17) is 9.15 Å². The van der Waals surface area contributed by atoms with Crippen LogP contribution in [0.1, 0.15) is 45.0 Å². The van der Waals surface area contributed by atoms with Crippen molar-refractivity contribution in [1.29, 1.82) is 0 Å². The highest BCUT2D eigenvalue weighted by atomic mass is 19.1. The first-order chi connectivity index (χ1) is 28.3. The molecule has 1 saturated heterocycles. The Balaban J connectivity index is 1.11. The Bertz CT molecular complexity index is 2520. The lowest BCUT2D eigenvalue weighted by Crippen LogP contribution is -2.53. The third kappa shape index (κ3) is 8.49. The van der Waals surface area contributed by atoms with Crippen molar-refractivity contribution in [3.8, 4) is 11.3 Å². The van der Waals surface area contributed by atoms with Crippen LogP contribution in [-0.4, -0.2) is 102 Å². The van der Waals surface area contributed by atoms with Crippen LogP contribution < -0.4 is 26.7 Å². The number of nitrogens with zero attached hydrogens (tertiary/aromatic N) is 3. The molecule has 0 spiro atoms. The fourth-order valence-electron chi connectivity index (χ4n) is 7.78. The van der Waals surface area contributed by atoms with Crippen LogP contribution in [0.3, 0.4) is 0 Å². The van der Waals surface area contributed by atoms with Gasteiger partial charge >= 0.3 is 12.2 Å². The summed E-state index contributed by atoms with van der Waals surface area (Å²) in [6.45, 7) is 5.11. The fraction of sp³-hybridized carbons (Fsp3) is 0.381. The number of alkyl halides is 1. The van der Waals surface area contributed by atoms with Crippen molar-refractivity contribution in [1.82, 2.24) is 41.0 Å². The monoisotopic (exact) mass is 810 g/mol. The maximum atomic E-state index is 14.3. The second kappa shape index (κ2) is 17.1. The van der Waals surface area contributed by atoms with Gasteiger partial charge in [0.2, 0.25) is 17.2 Å². The number of ether oxygens (including phenoxy) is 2. The molecule has 7 rings (SSSR count). The minimum Gasteiger partial charge on any atom is -0.456 e. The Kier molecular flexibility index (Phi) is 11.7. The van der Waals surface area contributed by atoms with E-state index in [1.165, 1.54) is 26.0 Å². The van der Waals surface area contributed by atoms with Crippen molar-refractivity contribution < 1.29 is 37.5 Å². The molecule has 59 heavy (non-hydrogen) atoms. The van der Waals surface area contributed by atoms with Gasteiger partial charge in [0.05, 0.1) is 61.7 Å². The van der Waals surface area contributed by atoms with E-state index in [0.29, 0.717) is 45.4 Å². The number of nitrogens with one attached hydrogen (secondary N) is 5. The number of alkyl carbamates (subject to hydrolysis) is 2. The van der Waals surface area contributed by atoms with Crippen molar-refractivity contribution >= 4 is 62.4 Å². The molecule has 2 aromatic heterocycles. The summed E-state index contributed by atoms with van der Waals surface area (Å²) in [5, 5.41) is 14.2. The summed E-state index contributed by atoms with van der Waals surface area (Å²) in [6.07, 6.45) is 2.05. The third-order valence-corrected chi connectivity index (χ3v) is 10.7. The van der Waals surface area contributed by atoms with E-state index in [9.17, 15) is 28.4 Å². The summed E-state index contributed by atoms with van der Waals surface area (Å²) < 4.78 is 29.8. The molecule has 16 nitrogen and oxygen atoms in total. The van der Waals surface area contributed by atoms with Crippen LogP contribution in [0.25, 0.3) is 49.7 Å². The normalized spacial score (nSPS) is 17.3. The molecule has 4 amide bonds. The number of aromatic nitrogens is 2. The van der Waals surface area contributed by atoms with Gasteiger partial charge in [-0.05, 0) is 66.8 Å². The molecule has 0 aliphatic carbocycles. The molecular formula is C42H47FN8O8. The Morgan fingerprint density at radius 3 is 2.51 bits per heavy atom. The highest BCUT2D eigenvalue weighted by Gasteiger charge is 2.37. The fourth-order valence-corrected chi connectivity index (χ4v) is 7.78. The molecule has 310 valence electrons. The SMILES string of the molecule is COC(=O)NCC(=O)N1CCC[C@H]1C1NC=C(c2ccc3oc4ccc5cc(-c6cnc(CN(CC(C)F)C(=O)[C@@H](NC(=O)OC)C(C)C)[nH]6)ccc5c4c(=O)c3c2)N1. The first kappa shape index (κ1) is 40.5. The zero-order valence-electron chi connectivity index (χ0n) is 33.4. The zero-order valence-corrected chi connectivity index (χ0v) is 33.4. The number of carbonyl (C=O) groups is 4. The molecule has 2 aliphatic rings. The minimum atomic E-state index is -1.33. The molecule has 3 aromatic carbocycles. The molecule has 0 radical (unpaired) electrons. The van der Waals surface area contributed by atoms with Crippen molar-refractivity contribution in [3.63, 3.8) is 0 Å². The number of benzene rings is 3. The summed E-state index contributed by atoms with van der Waals surface area (Å²) in [4.78, 5) is 74.9. The predicted octanol–water partition coefficient (Wildman–Crippen LogP) is 4.72. The Morgan fingerprint density at radius 2 is 1.76 bits per heavy atom. The van der Waals surface area contributed by atoms with Crippen molar-refractivity contribution in [3.05, 3.63) is 82.5 Å². The van der Waals surface area contributed by atoms with Gasteiger partial charge in [0.1, 0.15) is 41.9 Å². The summed E-state index contributed by atoms with van der Waals surface area (Å²) in [5.41, 5.74) is 3.65. The summed E-state index contributed by atoms with van der Waals surface area (Å²) in [7, 11) is 2.45. The molecule has 2 unspecified atom stereocenters. The molecule has 17 heteroatoms. The molecule has 1 fully saturated rings.